The van der Waals surface area contributed by atoms with E-state index in [1.807, 2.05) is 0 Å². The molecule has 0 radical (unpaired) electrons. The molecule has 0 saturated carbocycles. The number of benzene rings is 2. The van der Waals surface area contributed by atoms with E-state index in [4.69, 9.17) is 10.8 Å². The van der Waals surface area contributed by atoms with E-state index < -0.39 is 35.1 Å². The van der Waals surface area contributed by atoms with Gasteiger partial charge in [0.25, 0.3) is 0 Å². The highest BCUT2D eigenvalue weighted by atomic mass is 79.9. The molecular weight excluding hydrogens is 355 g/mol. The molecular formula is C13H9BrF3NO3. The number of carboxylic acids is 1. The molecule has 1 atom stereocenters. The van der Waals surface area contributed by atoms with Gasteiger partial charge in [0.05, 0.1) is 0 Å². The van der Waals surface area contributed by atoms with E-state index in [1.54, 1.807) is 0 Å². The Morgan fingerprint density at radius 3 is 2.43 bits per heavy atom. The van der Waals surface area contributed by atoms with Crippen LogP contribution in [0.25, 0.3) is 10.8 Å². The minimum atomic E-state index is -4.81. The van der Waals surface area contributed by atoms with Crippen LogP contribution in [0.3, 0.4) is 0 Å². The van der Waals surface area contributed by atoms with Crippen LogP contribution in [0.4, 0.5) is 13.2 Å². The van der Waals surface area contributed by atoms with Crippen molar-refractivity contribution in [2.45, 2.75) is 12.2 Å². The quantitative estimate of drug-likeness (QED) is 0.761. The molecule has 21 heavy (non-hydrogen) atoms. The lowest BCUT2D eigenvalue weighted by Gasteiger charge is -2.20. The molecule has 2 aromatic carbocycles. The molecule has 4 nitrogen and oxygen atoms in total. The summed E-state index contributed by atoms with van der Waals surface area (Å²) in [7, 11) is 0. The molecule has 0 unspecified atom stereocenters. The van der Waals surface area contributed by atoms with Gasteiger partial charge < -0.3 is 15.9 Å². The summed E-state index contributed by atoms with van der Waals surface area (Å²) in [5, 5.41) is 19.2. The second-order valence-electron chi connectivity index (χ2n) is 4.38. The third kappa shape index (κ3) is 2.81. The molecule has 2 rings (SSSR count). The highest BCUT2D eigenvalue weighted by Gasteiger charge is 2.41. The zero-order chi connectivity index (χ0) is 15.9. The van der Waals surface area contributed by atoms with Gasteiger partial charge in [-0.3, -0.25) is 0 Å². The van der Waals surface area contributed by atoms with Crippen molar-refractivity contribution < 1.29 is 28.2 Å². The highest BCUT2D eigenvalue weighted by molar-refractivity contribution is 9.10. The Morgan fingerprint density at radius 2 is 1.90 bits per heavy atom. The van der Waals surface area contributed by atoms with Crippen molar-refractivity contribution in [1.29, 1.82) is 0 Å². The standard InChI is InChI=1S/C13H9BrF3NO3/c14-6-1-2-7-5(3-6)4-8(12(20)21)10(19)9(7)11(18)13(15,16)17/h1-4,11,19H,18H2,(H,20,21)/t11-/m0/s1. The first-order valence-corrected chi connectivity index (χ1v) is 6.43. The number of rotatable bonds is 2. The van der Waals surface area contributed by atoms with Gasteiger partial charge in [-0.05, 0) is 29.0 Å². The Bertz CT molecular complexity index is 731. The van der Waals surface area contributed by atoms with E-state index in [2.05, 4.69) is 15.9 Å². The predicted octanol–water partition coefficient (Wildman–Crippen LogP) is 3.57. The fraction of sp³-hybridized carbons (Fsp3) is 0.154. The smallest absolute Gasteiger partial charge is 0.407 e. The van der Waals surface area contributed by atoms with E-state index in [9.17, 15) is 23.1 Å². The molecule has 0 heterocycles. The second-order valence-corrected chi connectivity index (χ2v) is 5.29. The van der Waals surface area contributed by atoms with Crippen LogP contribution in [0.15, 0.2) is 28.7 Å². The summed E-state index contributed by atoms with van der Waals surface area (Å²) in [5.41, 5.74) is 3.88. The van der Waals surface area contributed by atoms with E-state index in [0.717, 1.165) is 6.07 Å². The van der Waals surface area contributed by atoms with Gasteiger partial charge in [-0.25, -0.2) is 4.79 Å². The maximum atomic E-state index is 12.9. The largest absolute Gasteiger partial charge is 0.507 e. The summed E-state index contributed by atoms with van der Waals surface area (Å²) in [4.78, 5) is 11.1. The van der Waals surface area contributed by atoms with Crippen molar-refractivity contribution in [2.24, 2.45) is 5.73 Å². The van der Waals surface area contributed by atoms with Crippen LogP contribution in [0.5, 0.6) is 5.75 Å². The Hall–Kier alpha value is -1.80. The number of carbonyl (C=O) groups is 1. The lowest BCUT2D eigenvalue weighted by atomic mass is 9.94. The number of fused-ring (bicyclic) bond motifs is 1. The Balaban J connectivity index is 2.89. The van der Waals surface area contributed by atoms with Crippen LogP contribution in [-0.2, 0) is 0 Å². The van der Waals surface area contributed by atoms with Gasteiger partial charge in [-0.2, -0.15) is 13.2 Å². The third-order valence-electron chi connectivity index (χ3n) is 3.01. The van der Waals surface area contributed by atoms with Crippen molar-refractivity contribution in [3.8, 4) is 5.75 Å². The van der Waals surface area contributed by atoms with Gasteiger partial charge in [-0.1, -0.05) is 22.0 Å². The van der Waals surface area contributed by atoms with Gasteiger partial charge in [0.1, 0.15) is 17.4 Å². The Labute approximate surface area is 125 Å². The molecule has 8 heteroatoms. The number of nitrogens with two attached hydrogens (primary N) is 1. The fourth-order valence-electron chi connectivity index (χ4n) is 2.04. The van der Waals surface area contributed by atoms with Crippen LogP contribution in [-0.4, -0.2) is 22.4 Å². The number of alkyl halides is 3. The van der Waals surface area contributed by atoms with Crippen molar-refractivity contribution in [2.75, 3.05) is 0 Å². The molecule has 0 saturated heterocycles. The normalized spacial score (nSPS) is 13.4. The van der Waals surface area contributed by atoms with E-state index in [1.165, 1.54) is 18.2 Å². The number of hydrogen-bond donors (Lipinski definition) is 3. The molecule has 0 spiro atoms. The topological polar surface area (TPSA) is 83.5 Å². The number of hydrogen-bond acceptors (Lipinski definition) is 3. The second kappa shape index (κ2) is 5.19. The van der Waals surface area contributed by atoms with Gasteiger partial charge in [0.15, 0.2) is 0 Å². The zero-order valence-electron chi connectivity index (χ0n) is 10.3. The molecule has 4 N–H and O–H groups in total. The molecule has 0 aromatic heterocycles. The third-order valence-corrected chi connectivity index (χ3v) is 3.50. The van der Waals surface area contributed by atoms with Crippen LogP contribution in [0, 0.1) is 0 Å². The lowest BCUT2D eigenvalue weighted by molar-refractivity contribution is -0.149. The lowest BCUT2D eigenvalue weighted by Crippen LogP contribution is -2.29. The summed E-state index contributed by atoms with van der Waals surface area (Å²) in [6, 6.07) is 2.89. The first-order valence-electron chi connectivity index (χ1n) is 5.63. The monoisotopic (exact) mass is 363 g/mol. The minimum absolute atomic E-state index is 0.0468. The maximum absolute atomic E-state index is 12.9. The number of aromatic carboxylic acids is 1. The Morgan fingerprint density at radius 1 is 1.29 bits per heavy atom. The molecule has 0 aliphatic carbocycles. The molecule has 0 aliphatic heterocycles. The number of phenols is 1. The summed E-state index contributed by atoms with van der Waals surface area (Å²) in [5.74, 6) is -2.51. The van der Waals surface area contributed by atoms with Crippen LogP contribution >= 0.6 is 15.9 Å². The summed E-state index contributed by atoms with van der Waals surface area (Å²) in [6.07, 6.45) is -4.81. The molecule has 0 amide bonds. The minimum Gasteiger partial charge on any atom is -0.507 e. The average Bonchev–Trinajstić information content (AvgIpc) is 2.36. The van der Waals surface area contributed by atoms with Gasteiger partial charge in [0, 0.05) is 10.0 Å². The van der Waals surface area contributed by atoms with Crippen molar-refractivity contribution in [3.63, 3.8) is 0 Å². The van der Waals surface area contributed by atoms with Gasteiger partial charge >= 0.3 is 12.1 Å². The maximum Gasteiger partial charge on any atom is 0.407 e. The van der Waals surface area contributed by atoms with E-state index >= 15 is 0 Å². The molecule has 112 valence electrons. The van der Waals surface area contributed by atoms with Crippen LogP contribution < -0.4 is 5.73 Å². The summed E-state index contributed by atoms with van der Waals surface area (Å²) >= 11 is 3.15. The van der Waals surface area contributed by atoms with Crippen molar-refractivity contribution in [3.05, 3.63) is 39.9 Å². The fourth-order valence-corrected chi connectivity index (χ4v) is 2.42. The number of halogens is 4. The predicted molar refractivity (Wildman–Crippen MR) is 73.3 cm³/mol. The van der Waals surface area contributed by atoms with Crippen molar-refractivity contribution >= 4 is 32.7 Å². The van der Waals surface area contributed by atoms with Crippen molar-refractivity contribution in [1.82, 2.24) is 0 Å². The first-order chi connectivity index (χ1) is 9.62. The molecule has 2 aromatic rings. The first kappa shape index (κ1) is 15.6. The highest BCUT2D eigenvalue weighted by Crippen LogP contribution is 2.41. The Kier molecular flexibility index (Phi) is 3.85. The number of carboxylic acid groups (broad SMARTS) is 1. The summed E-state index contributed by atoms with van der Waals surface area (Å²) in [6.45, 7) is 0. The molecule has 0 aliphatic rings. The van der Waals surface area contributed by atoms with E-state index in [-0.39, 0.29) is 10.8 Å². The zero-order valence-corrected chi connectivity index (χ0v) is 11.9. The van der Waals surface area contributed by atoms with Gasteiger partial charge in [-0.15, -0.1) is 0 Å². The SMILES string of the molecule is N[C@@H](c1c(O)c(C(=O)O)cc2cc(Br)ccc12)C(F)(F)F. The van der Waals surface area contributed by atoms with Crippen LogP contribution in [0.1, 0.15) is 22.0 Å². The van der Waals surface area contributed by atoms with Gasteiger partial charge in [0.2, 0.25) is 0 Å². The average molecular weight is 364 g/mol. The summed E-state index contributed by atoms with van der Waals surface area (Å²) < 4.78 is 39.1. The molecule has 0 fully saturated rings. The van der Waals surface area contributed by atoms with E-state index in [0.29, 0.717) is 4.47 Å². The number of aromatic hydroxyl groups is 1. The van der Waals surface area contributed by atoms with Crippen LogP contribution in [0.2, 0.25) is 0 Å². The molecule has 0 bridgehead atoms.